The van der Waals surface area contributed by atoms with E-state index in [-0.39, 0.29) is 10.6 Å². The lowest BCUT2D eigenvalue weighted by atomic mass is 10.1. The van der Waals surface area contributed by atoms with Gasteiger partial charge in [0.2, 0.25) is 0 Å². The average Bonchev–Trinajstić information content (AvgIpc) is 2.60. The van der Waals surface area contributed by atoms with Crippen LogP contribution in [-0.2, 0) is 20.8 Å². The molecule has 2 rings (SSSR count). The smallest absolute Gasteiger partial charge is 0.379 e. The first kappa shape index (κ1) is 23.1. The third-order valence-corrected chi connectivity index (χ3v) is 6.46. The van der Waals surface area contributed by atoms with E-state index in [1.165, 1.54) is 12.1 Å². The summed E-state index contributed by atoms with van der Waals surface area (Å²) in [4.78, 5) is 15.0. The number of alkyl halides is 3. The van der Waals surface area contributed by atoms with Crippen LogP contribution in [0.25, 0.3) is 4.85 Å². The Balaban J connectivity index is 2.25. The van der Waals surface area contributed by atoms with Crippen molar-refractivity contribution in [3.63, 3.8) is 0 Å². The minimum atomic E-state index is -4.82. The summed E-state index contributed by atoms with van der Waals surface area (Å²) in [6.45, 7) is 7.75. The van der Waals surface area contributed by atoms with Crippen molar-refractivity contribution in [3.8, 4) is 0 Å². The number of carbonyl (C=O) groups is 1. The standard InChI is InChI=1S/C18H14F3IN2O4S/c1-17(26,10-29(27,28)13-6-3-11(22)4-7-13)16(25)24-12-5-8-15(23-2)14(9-12)18(19,20)21/h3-9,26H,10H2,1H3,(H,24,25)/t17-/m0/s1/i22-2. The molecule has 0 aliphatic heterocycles. The monoisotopic (exact) mass is 536 g/mol. The van der Waals surface area contributed by atoms with Crippen molar-refractivity contribution in [1.29, 1.82) is 0 Å². The molecule has 29 heavy (non-hydrogen) atoms. The van der Waals surface area contributed by atoms with Gasteiger partial charge in [-0.05, 0) is 65.9 Å². The number of sulfone groups is 1. The fourth-order valence-electron chi connectivity index (χ4n) is 2.36. The molecule has 1 amide bonds. The SMILES string of the molecule is [C-]#[N+]c1ccc(NC(=O)[C@@](C)(O)CS(=O)(=O)c2ccc([125I])cc2)cc1C(F)(F)F. The van der Waals surface area contributed by atoms with E-state index in [0.29, 0.717) is 6.07 Å². The first-order chi connectivity index (χ1) is 13.3. The van der Waals surface area contributed by atoms with Crippen molar-refractivity contribution in [2.75, 3.05) is 11.1 Å². The normalized spacial score (nSPS) is 14.0. The van der Waals surface area contributed by atoms with Crippen molar-refractivity contribution < 1.29 is 31.5 Å². The van der Waals surface area contributed by atoms with Crippen LogP contribution in [0, 0.1) is 10.1 Å². The van der Waals surface area contributed by atoms with E-state index >= 15 is 0 Å². The largest absolute Gasteiger partial charge is 0.407 e. The molecule has 0 radical (unpaired) electrons. The third kappa shape index (κ3) is 5.68. The summed E-state index contributed by atoms with van der Waals surface area (Å²) in [5.41, 5.74) is -4.65. The fourth-order valence-corrected chi connectivity index (χ4v) is 4.31. The van der Waals surface area contributed by atoms with Crippen LogP contribution in [-0.4, -0.2) is 30.8 Å². The van der Waals surface area contributed by atoms with Crippen LogP contribution < -0.4 is 5.32 Å². The highest BCUT2D eigenvalue weighted by Crippen LogP contribution is 2.38. The van der Waals surface area contributed by atoms with Gasteiger partial charge in [0, 0.05) is 9.26 Å². The van der Waals surface area contributed by atoms with Crippen molar-refractivity contribution >= 4 is 49.7 Å². The van der Waals surface area contributed by atoms with Gasteiger partial charge in [0.25, 0.3) is 5.91 Å². The van der Waals surface area contributed by atoms with Gasteiger partial charge in [-0.2, -0.15) is 13.2 Å². The van der Waals surface area contributed by atoms with Gasteiger partial charge in [-0.25, -0.2) is 13.3 Å². The van der Waals surface area contributed by atoms with Crippen LogP contribution in [0.3, 0.4) is 0 Å². The Morgan fingerprint density at radius 2 is 1.79 bits per heavy atom. The lowest BCUT2D eigenvalue weighted by Crippen LogP contribution is -2.45. The Kier molecular flexibility index (Phi) is 6.61. The molecule has 0 saturated carbocycles. The lowest BCUT2D eigenvalue weighted by Gasteiger charge is -2.22. The van der Waals surface area contributed by atoms with Crippen molar-refractivity contribution in [1.82, 2.24) is 0 Å². The second-order valence-electron chi connectivity index (χ2n) is 6.28. The first-order valence-corrected chi connectivity index (χ1v) is 10.6. The molecule has 0 aromatic heterocycles. The number of hydrogen-bond acceptors (Lipinski definition) is 4. The summed E-state index contributed by atoms with van der Waals surface area (Å²) < 4.78 is 64.8. The van der Waals surface area contributed by atoms with Crippen LogP contribution in [0.5, 0.6) is 0 Å². The molecule has 0 aliphatic rings. The fraction of sp³-hybridized carbons (Fsp3) is 0.222. The molecule has 11 heteroatoms. The topological polar surface area (TPSA) is 87.8 Å². The zero-order valence-electron chi connectivity index (χ0n) is 14.8. The molecule has 0 saturated heterocycles. The van der Waals surface area contributed by atoms with E-state index in [2.05, 4.69) is 10.2 Å². The van der Waals surface area contributed by atoms with Crippen LogP contribution in [0.15, 0.2) is 47.4 Å². The Hall–Kier alpha value is -2.17. The number of amides is 1. The molecule has 0 bridgehead atoms. The van der Waals surface area contributed by atoms with Crippen molar-refractivity contribution in [2.45, 2.75) is 23.6 Å². The molecule has 2 aromatic carbocycles. The number of carbonyl (C=O) groups excluding carboxylic acids is 1. The average molecular weight is 536 g/mol. The lowest BCUT2D eigenvalue weighted by molar-refractivity contribution is -0.137. The molecule has 1 atom stereocenters. The van der Waals surface area contributed by atoms with E-state index in [9.17, 15) is 31.5 Å². The molecule has 0 unspecified atom stereocenters. The number of hydrogen-bond donors (Lipinski definition) is 2. The highest BCUT2D eigenvalue weighted by molar-refractivity contribution is 14.1. The minimum absolute atomic E-state index is 0.105. The molecule has 2 N–H and O–H groups in total. The quantitative estimate of drug-likeness (QED) is 0.447. The third-order valence-electron chi connectivity index (χ3n) is 3.81. The van der Waals surface area contributed by atoms with Crippen LogP contribution in [0.4, 0.5) is 24.5 Å². The zero-order valence-corrected chi connectivity index (χ0v) is 17.8. The molecular weight excluding hydrogens is 522 g/mol. The van der Waals surface area contributed by atoms with Crippen LogP contribution in [0.1, 0.15) is 12.5 Å². The Morgan fingerprint density at radius 1 is 1.21 bits per heavy atom. The Bertz CT molecular complexity index is 1080. The minimum Gasteiger partial charge on any atom is -0.379 e. The van der Waals surface area contributed by atoms with Crippen molar-refractivity contribution in [2.24, 2.45) is 0 Å². The number of aliphatic hydroxyl groups is 1. The number of rotatable bonds is 5. The van der Waals surface area contributed by atoms with E-state index < -0.39 is 44.5 Å². The van der Waals surface area contributed by atoms with Gasteiger partial charge in [-0.1, -0.05) is 6.07 Å². The molecule has 6 nitrogen and oxygen atoms in total. The maximum Gasteiger partial charge on any atom is 0.407 e. The number of halogens is 4. The van der Waals surface area contributed by atoms with E-state index in [0.717, 1.165) is 22.6 Å². The number of benzene rings is 2. The highest BCUT2D eigenvalue weighted by atomic mass is 125. The first-order valence-electron chi connectivity index (χ1n) is 7.87. The van der Waals surface area contributed by atoms with Gasteiger partial charge in [-0.3, -0.25) is 4.79 Å². The van der Waals surface area contributed by atoms with Crippen LogP contribution in [0.2, 0.25) is 0 Å². The molecule has 0 aliphatic carbocycles. The number of nitrogens with zero attached hydrogens (tertiary/aromatic N) is 1. The van der Waals surface area contributed by atoms with E-state index in [1.54, 1.807) is 12.1 Å². The van der Waals surface area contributed by atoms with Gasteiger partial charge in [0.05, 0.1) is 22.8 Å². The summed E-state index contributed by atoms with van der Waals surface area (Å²) in [7, 11) is -4.05. The summed E-state index contributed by atoms with van der Waals surface area (Å²) in [5.74, 6) is -2.17. The Labute approximate surface area is 178 Å². The predicted molar refractivity (Wildman–Crippen MR) is 108 cm³/mol. The molecule has 0 fully saturated rings. The van der Waals surface area contributed by atoms with Gasteiger partial charge in [0.1, 0.15) is 0 Å². The van der Waals surface area contributed by atoms with E-state index in [1.807, 2.05) is 22.6 Å². The Morgan fingerprint density at radius 3 is 2.31 bits per heavy atom. The van der Waals surface area contributed by atoms with Gasteiger partial charge in [0.15, 0.2) is 21.1 Å². The van der Waals surface area contributed by atoms with E-state index in [4.69, 9.17) is 6.57 Å². The van der Waals surface area contributed by atoms with Crippen LogP contribution >= 0.6 is 22.6 Å². The second kappa shape index (κ2) is 8.29. The maximum atomic E-state index is 13.0. The molecule has 154 valence electrons. The highest BCUT2D eigenvalue weighted by Gasteiger charge is 2.38. The molecule has 0 spiro atoms. The van der Waals surface area contributed by atoms with Gasteiger partial charge in [-0.15, -0.1) is 0 Å². The van der Waals surface area contributed by atoms with Crippen molar-refractivity contribution in [3.05, 3.63) is 63.0 Å². The summed E-state index contributed by atoms with van der Waals surface area (Å²) in [6, 6.07) is 8.22. The maximum absolute atomic E-state index is 13.0. The summed E-state index contributed by atoms with van der Waals surface area (Å²) in [6.07, 6.45) is -4.82. The van der Waals surface area contributed by atoms with Gasteiger partial charge >= 0.3 is 6.18 Å². The molecule has 2 aromatic rings. The summed E-state index contributed by atoms with van der Waals surface area (Å²) >= 11 is 1.98. The predicted octanol–water partition coefficient (Wildman–Crippen LogP) is 4.02. The number of nitrogens with one attached hydrogen (secondary N) is 1. The molecular formula is C18H14F3IN2O4S. The van der Waals surface area contributed by atoms with Gasteiger partial charge < -0.3 is 10.4 Å². The number of anilines is 1. The zero-order chi connectivity index (χ0) is 22.0. The summed E-state index contributed by atoms with van der Waals surface area (Å²) in [5, 5.41) is 12.4. The molecule has 0 heterocycles. The second-order valence-corrected chi connectivity index (χ2v) is 9.52.